The molecule has 122 valence electrons. The van der Waals surface area contributed by atoms with Crippen LogP contribution in [0.5, 0.6) is 0 Å². The fourth-order valence-electron chi connectivity index (χ4n) is 2.14. The Kier molecular flexibility index (Phi) is 5.92. The van der Waals surface area contributed by atoms with Gasteiger partial charge in [0.25, 0.3) is 11.4 Å². The van der Waals surface area contributed by atoms with E-state index in [1.54, 1.807) is 20.8 Å². The second-order valence-corrected chi connectivity index (χ2v) is 4.62. The van der Waals surface area contributed by atoms with Crippen molar-refractivity contribution in [1.29, 1.82) is 0 Å². The molecule has 0 heterocycles. The topological polar surface area (TPSA) is 131 Å². The minimum atomic E-state index is -1.27. The van der Waals surface area contributed by atoms with Crippen LogP contribution < -0.4 is 5.73 Å². The molecule has 1 aromatic rings. The second-order valence-electron chi connectivity index (χ2n) is 4.62. The van der Waals surface area contributed by atoms with Gasteiger partial charge in [0.15, 0.2) is 5.79 Å². The maximum atomic E-state index is 11.2. The summed E-state index contributed by atoms with van der Waals surface area (Å²) in [6.07, 6.45) is 0. The summed E-state index contributed by atoms with van der Waals surface area (Å²) in [5.74, 6) is -1.27. The molecular weight excluding hydrogens is 294 g/mol. The van der Waals surface area contributed by atoms with Crippen LogP contribution in [0.4, 0.5) is 11.4 Å². The van der Waals surface area contributed by atoms with Gasteiger partial charge in [0.05, 0.1) is 27.5 Å². The van der Waals surface area contributed by atoms with Crippen LogP contribution in [0, 0.1) is 20.2 Å². The van der Waals surface area contributed by atoms with Gasteiger partial charge in [-0.15, -0.1) is 0 Å². The summed E-state index contributed by atoms with van der Waals surface area (Å²) in [5.41, 5.74) is 5.38. The number of hydrogen-bond acceptors (Lipinski definition) is 7. The van der Waals surface area contributed by atoms with Crippen LogP contribution in [-0.2, 0) is 9.47 Å². The summed E-state index contributed by atoms with van der Waals surface area (Å²) >= 11 is 0. The molecule has 9 nitrogen and oxygen atoms in total. The van der Waals surface area contributed by atoms with Crippen molar-refractivity contribution in [2.24, 2.45) is 5.73 Å². The quantitative estimate of drug-likeness (QED) is 0.442. The van der Waals surface area contributed by atoms with Crippen molar-refractivity contribution in [1.82, 2.24) is 0 Å². The lowest BCUT2D eigenvalue weighted by Crippen LogP contribution is -2.44. The van der Waals surface area contributed by atoms with Gasteiger partial charge in [-0.1, -0.05) is 0 Å². The summed E-state index contributed by atoms with van der Waals surface area (Å²) < 4.78 is 11.0. The second kappa shape index (κ2) is 7.25. The maximum Gasteiger partial charge on any atom is 0.281 e. The molecule has 1 rings (SSSR count). The molecule has 0 bridgehead atoms. The molecule has 1 aromatic carbocycles. The minimum Gasteiger partial charge on any atom is -0.349 e. The lowest BCUT2D eigenvalue weighted by Gasteiger charge is -2.34. The number of hydrogen-bond donors (Lipinski definition) is 1. The first-order valence-corrected chi connectivity index (χ1v) is 6.73. The fourth-order valence-corrected chi connectivity index (χ4v) is 2.14. The predicted octanol–water partition coefficient (Wildman–Crippen LogP) is 2.29. The van der Waals surface area contributed by atoms with Crippen LogP contribution in [-0.4, -0.2) is 28.8 Å². The molecule has 22 heavy (non-hydrogen) atoms. The fraction of sp³-hybridized carbons (Fsp3) is 0.538. The van der Waals surface area contributed by atoms with Gasteiger partial charge in [0.2, 0.25) is 0 Å². The van der Waals surface area contributed by atoms with Crippen molar-refractivity contribution in [3.63, 3.8) is 0 Å². The molecule has 0 aliphatic carbocycles. The number of benzene rings is 1. The van der Waals surface area contributed by atoms with Gasteiger partial charge >= 0.3 is 0 Å². The number of nitro groups is 2. The average molecular weight is 313 g/mol. The highest BCUT2D eigenvalue weighted by Gasteiger charge is 2.38. The Balaban J connectivity index is 3.34. The van der Waals surface area contributed by atoms with Crippen molar-refractivity contribution >= 4 is 11.4 Å². The van der Waals surface area contributed by atoms with Gasteiger partial charge < -0.3 is 15.2 Å². The SMILES string of the molecule is CCOC(C)(OCC)[C@H](N)c1ccc([N+](=O)[O-])cc1[N+](=O)[O-]. The van der Waals surface area contributed by atoms with E-state index in [1.807, 2.05) is 0 Å². The van der Waals surface area contributed by atoms with Crippen molar-refractivity contribution in [3.8, 4) is 0 Å². The van der Waals surface area contributed by atoms with E-state index in [0.29, 0.717) is 13.2 Å². The molecule has 2 N–H and O–H groups in total. The molecule has 0 amide bonds. The van der Waals surface area contributed by atoms with Crippen molar-refractivity contribution in [2.45, 2.75) is 32.6 Å². The zero-order valence-electron chi connectivity index (χ0n) is 12.6. The van der Waals surface area contributed by atoms with E-state index in [4.69, 9.17) is 15.2 Å². The summed E-state index contributed by atoms with van der Waals surface area (Å²) in [5, 5.41) is 22.0. The molecule has 0 aliphatic rings. The zero-order valence-corrected chi connectivity index (χ0v) is 12.6. The summed E-state index contributed by atoms with van der Waals surface area (Å²) in [6, 6.07) is 2.33. The lowest BCUT2D eigenvalue weighted by atomic mass is 9.98. The monoisotopic (exact) mass is 313 g/mol. The lowest BCUT2D eigenvalue weighted by molar-refractivity contribution is -0.395. The Morgan fingerprint density at radius 3 is 2.14 bits per heavy atom. The Labute approximate surface area is 127 Å². The molecular formula is C13H19N3O6. The number of rotatable bonds is 8. The van der Waals surface area contributed by atoms with Gasteiger partial charge in [0.1, 0.15) is 0 Å². The summed E-state index contributed by atoms with van der Waals surface area (Å²) in [6.45, 7) is 5.66. The molecule has 0 unspecified atom stereocenters. The Hall–Kier alpha value is -2.10. The standard InChI is InChI=1S/C13H19N3O6/c1-4-21-13(3,22-5-2)12(14)10-7-6-9(15(17)18)8-11(10)16(19)20/h6-8,12H,4-5,14H2,1-3H3/t12-/m1/s1. The average Bonchev–Trinajstić information content (AvgIpc) is 2.46. The van der Waals surface area contributed by atoms with E-state index in [-0.39, 0.29) is 11.3 Å². The van der Waals surface area contributed by atoms with Crippen LogP contribution in [0.25, 0.3) is 0 Å². The predicted molar refractivity (Wildman–Crippen MR) is 78.3 cm³/mol. The third-order valence-electron chi connectivity index (χ3n) is 3.18. The van der Waals surface area contributed by atoms with Crippen LogP contribution in [0.2, 0.25) is 0 Å². The van der Waals surface area contributed by atoms with Gasteiger partial charge in [-0.25, -0.2) is 0 Å². The number of nitro benzene ring substituents is 2. The largest absolute Gasteiger partial charge is 0.349 e. The Bertz CT molecular complexity index is 557. The first-order chi connectivity index (χ1) is 10.3. The first kappa shape index (κ1) is 18.0. The smallest absolute Gasteiger partial charge is 0.281 e. The molecule has 9 heteroatoms. The van der Waals surface area contributed by atoms with Crippen LogP contribution in [0.3, 0.4) is 0 Å². The maximum absolute atomic E-state index is 11.2. The number of nitrogens with two attached hydrogens (primary N) is 1. The van der Waals surface area contributed by atoms with Gasteiger partial charge in [-0.05, 0) is 26.8 Å². The Morgan fingerprint density at radius 1 is 1.18 bits per heavy atom. The van der Waals surface area contributed by atoms with Crippen LogP contribution >= 0.6 is 0 Å². The van der Waals surface area contributed by atoms with Gasteiger partial charge in [-0.2, -0.15) is 0 Å². The van der Waals surface area contributed by atoms with Crippen molar-refractivity contribution < 1.29 is 19.3 Å². The highest BCUT2D eigenvalue weighted by atomic mass is 16.7. The number of non-ortho nitro benzene ring substituents is 1. The van der Waals surface area contributed by atoms with Crippen molar-refractivity contribution in [2.75, 3.05) is 13.2 Å². The summed E-state index contributed by atoms with van der Waals surface area (Å²) in [4.78, 5) is 20.5. The third kappa shape index (κ3) is 3.75. The molecule has 0 aromatic heterocycles. The van der Waals surface area contributed by atoms with E-state index in [2.05, 4.69) is 0 Å². The summed E-state index contributed by atoms with van der Waals surface area (Å²) in [7, 11) is 0. The molecule has 0 saturated carbocycles. The number of nitrogens with zero attached hydrogens (tertiary/aromatic N) is 2. The molecule has 0 spiro atoms. The first-order valence-electron chi connectivity index (χ1n) is 6.73. The van der Waals surface area contributed by atoms with E-state index >= 15 is 0 Å². The Morgan fingerprint density at radius 2 is 1.73 bits per heavy atom. The van der Waals surface area contributed by atoms with E-state index in [9.17, 15) is 20.2 Å². The highest BCUT2D eigenvalue weighted by molar-refractivity contribution is 5.51. The van der Waals surface area contributed by atoms with Crippen LogP contribution in [0.15, 0.2) is 18.2 Å². The highest BCUT2D eigenvalue weighted by Crippen LogP contribution is 2.35. The van der Waals surface area contributed by atoms with Crippen LogP contribution in [0.1, 0.15) is 32.4 Å². The normalized spacial score (nSPS) is 12.9. The van der Waals surface area contributed by atoms with E-state index in [1.165, 1.54) is 12.1 Å². The van der Waals surface area contributed by atoms with Gasteiger partial charge in [0, 0.05) is 19.3 Å². The van der Waals surface area contributed by atoms with Gasteiger partial charge in [-0.3, -0.25) is 20.2 Å². The minimum absolute atomic E-state index is 0.111. The van der Waals surface area contributed by atoms with Crippen molar-refractivity contribution in [3.05, 3.63) is 44.0 Å². The zero-order chi connectivity index (χ0) is 16.9. The third-order valence-corrected chi connectivity index (χ3v) is 3.18. The van der Waals surface area contributed by atoms with E-state index < -0.39 is 27.4 Å². The van der Waals surface area contributed by atoms with E-state index in [0.717, 1.165) is 6.07 Å². The molecule has 0 radical (unpaired) electrons. The number of ether oxygens (including phenoxy) is 2. The molecule has 0 saturated heterocycles. The molecule has 0 fully saturated rings. The molecule has 1 atom stereocenters. The molecule has 0 aliphatic heterocycles.